The molecule has 0 unspecified atom stereocenters. The van der Waals surface area contributed by atoms with Gasteiger partial charge in [0.25, 0.3) is 0 Å². The average molecular weight is 609 g/mol. The number of aryl methyl sites for hydroxylation is 1. The number of rotatable bonds is 7. The van der Waals surface area contributed by atoms with Crippen molar-refractivity contribution in [2.24, 2.45) is 0 Å². The van der Waals surface area contributed by atoms with Crippen LogP contribution < -0.4 is 15.7 Å². The van der Waals surface area contributed by atoms with E-state index in [1.165, 1.54) is 24.3 Å². The molecule has 0 bridgehead atoms. The number of aromatic nitrogens is 2. The quantitative estimate of drug-likeness (QED) is 0.214. The molecule has 2 atom stereocenters. The Balaban J connectivity index is 1.38. The Morgan fingerprint density at radius 3 is 2.82 bits per heavy atom. The molecule has 45 heavy (non-hydrogen) atoms. The number of phenolic OH excluding ortho intramolecular Hbond substituents is 1. The Bertz CT molecular complexity index is 2060. The van der Waals surface area contributed by atoms with Gasteiger partial charge >= 0.3 is 11.6 Å². The molecule has 0 aliphatic carbocycles. The van der Waals surface area contributed by atoms with Crippen molar-refractivity contribution in [3.8, 4) is 35.4 Å². The molecule has 0 spiro atoms. The lowest BCUT2D eigenvalue weighted by molar-refractivity contribution is 0.107. The third-order valence-corrected chi connectivity index (χ3v) is 8.96. The van der Waals surface area contributed by atoms with Crippen LogP contribution in [0.1, 0.15) is 36.0 Å². The summed E-state index contributed by atoms with van der Waals surface area (Å²) in [6, 6.07) is 15.2. The van der Waals surface area contributed by atoms with Crippen molar-refractivity contribution < 1.29 is 23.0 Å². The summed E-state index contributed by atoms with van der Waals surface area (Å²) >= 11 is 0. The average Bonchev–Trinajstić information content (AvgIpc) is 3.56. The summed E-state index contributed by atoms with van der Waals surface area (Å²) in [7, 11) is 0. The third-order valence-electron chi connectivity index (χ3n) is 8.96. The van der Waals surface area contributed by atoms with Gasteiger partial charge in [0.05, 0.1) is 16.6 Å². The van der Waals surface area contributed by atoms with Gasteiger partial charge in [0.15, 0.2) is 0 Å². The summed E-state index contributed by atoms with van der Waals surface area (Å²) in [6.45, 7) is 3.47. The van der Waals surface area contributed by atoms with E-state index in [-0.39, 0.29) is 52.0 Å². The van der Waals surface area contributed by atoms with E-state index in [4.69, 9.17) is 15.6 Å². The highest BCUT2D eigenvalue weighted by atomic mass is 19.1. The van der Waals surface area contributed by atoms with Gasteiger partial charge in [-0.15, -0.1) is 6.42 Å². The van der Waals surface area contributed by atoms with Crippen LogP contribution >= 0.6 is 0 Å². The van der Waals surface area contributed by atoms with Gasteiger partial charge in [-0.2, -0.15) is 9.97 Å². The molecule has 7 rings (SSSR count). The van der Waals surface area contributed by atoms with Gasteiger partial charge in [0, 0.05) is 36.0 Å². The lowest BCUT2D eigenvalue weighted by Gasteiger charge is -2.30. The summed E-state index contributed by atoms with van der Waals surface area (Å²) in [4.78, 5) is 25.1. The van der Waals surface area contributed by atoms with Gasteiger partial charge in [0.2, 0.25) is 0 Å². The van der Waals surface area contributed by atoms with E-state index in [1.807, 2.05) is 30.3 Å². The largest absolute Gasteiger partial charge is 0.508 e. The van der Waals surface area contributed by atoms with Crippen LogP contribution in [0.3, 0.4) is 0 Å². The van der Waals surface area contributed by atoms with Crippen molar-refractivity contribution in [2.75, 3.05) is 25.0 Å². The fourth-order valence-corrected chi connectivity index (χ4v) is 6.86. The molecule has 2 aliphatic heterocycles. The predicted octanol–water partition coefficient (Wildman–Crippen LogP) is 6.10. The summed E-state index contributed by atoms with van der Waals surface area (Å²) in [5, 5.41) is 14.7. The Kier molecular flexibility index (Phi) is 7.13. The number of hydrogen-bond acceptors (Lipinski definition) is 8. The number of anilines is 1. The Morgan fingerprint density at radius 1 is 1.20 bits per heavy atom. The molecule has 5 aromatic rings. The van der Waals surface area contributed by atoms with Crippen LogP contribution in [-0.2, 0) is 6.54 Å². The monoisotopic (exact) mass is 608 g/mol. The second kappa shape index (κ2) is 11.2. The molecule has 8 nitrogen and oxygen atoms in total. The number of fused-ring (bicyclic) bond motifs is 3. The maximum Gasteiger partial charge on any atom is 0.349 e. The highest BCUT2D eigenvalue weighted by Gasteiger charge is 2.49. The van der Waals surface area contributed by atoms with Crippen molar-refractivity contribution in [3.05, 3.63) is 87.5 Å². The number of alkyl halides is 1. The fourth-order valence-electron chi connectivity index (χ4n) is 6.86. The van der Waals surface area contributed by atoms with Crippen LogP contribution in [0.25, 0.3) is 33.0 Å². The van der Waals surface area contributed by atoms with E-state index in [1.54, 1.807) is 6.92 Å². The third kappa shape index (κ3) is 5.03. The van der Waals surface area contributed by atoms with Crippen LogP contribution in [0.2, 0.25) is 0 Å². The molecule has 2 aliphatic rings. The zero-order chi connectivity index (χ0) is 31.3. The summed E-state index contributed by atoms with van der Waals surface area (Å²) in [5.74, 6) is 1.95. The van der Waals surface area contributed by atoms with Crippen molar-refractivity contribution in [3.63, 3.8) is 0 Å². The van der Waals surface area contributed by atoms with Gasteiger partial charge in [-0.3, -0.25) is 4.90 Å². The molecular formula is C35H30F2N4O4. The molecule has 4 heterocycles. The Labute approximate surface area is 257 Å². The van der Waals surface area contributed by atoms with Crippen LogP contribution in [0, 0.1) is 25.1 Å². The van der Waals surface area contributed by atoms with Crippen molar-refractivity contribution in [1.82, 2.24) is 14.9 Å². The molecule has 228 valence electrons. The van der Waals surface area contributed by atoms with Crippen LogP contribution in [-0.4, -0.2) is 51.4 Å². The minimum absolute atomic E-state index is 0.0234. The first-order valence-corrected chi connectivity index (χ1v) is 14.8. The number of benzene rings is 3. The van der Waals surface area contributed by atoms with E-state index in [2.05, 4.69) is 26.1 Å². The first-order chi connectivity index (χ1) is 21.8. The van der Waals surface area contributed by atoms with E-state index >= 15 is 0 Å². The normalized spacial score (nSPS) is 19.6. The summed E-state index contributed by atoms with van der Waals surface area (Å²) in [5.41, 5.74) is 0.705. The molecule has 2 aromatic heterocycles. The number of nitrogens with one attached hydrogen (secondary N) is 1. The predicted molar refractivity (Wildman–Crippen MR) is 168 cm³/mol. The SMILES string of the molecule is C#Cc1c(F)ccc2cc(O)cc(-c3oc(=O)c4c(NCc5ccccc5)nc(OC[C@@]56CCCN5C[C@H](F)C6)nc4c3C)c12. The lowest BCUT2D eigenvalue weighted by Crippen LogP contribution is -2.43. The van der Waals surface area contributed by atoms with Gasteiger partial charge < -0.3 is 19.6 Å². The molecule has 10 heteroatoms. The second-order valence-electron chi connectivity index (χ2n) is 11.8. The van der Waals surface area contributed by atoms with Crippen molar-refractivity contribution in [1.29, 1.82) is 0 Å². The molecule has 3 aromatic carbocycles. The molecule has 2 saturated heterocycles. The Morgan fingerprint density at radius 2 is 2.02 bits per heavy atom. The van der Waals surface area contributed by atoms with E-state index in [0.29, 0.717) is 35.8 Å². The maximum absolute atomic E-state index is 14.8. The van der Waals surface area contributed by atoms with Gasteiger partial charge in [0.1, 0.15) is 41.3 Å². The maximum atomic E-state index is 14.8. The zero-order valence-corrected chi connectivity index (χ0v) is 24.6. The molecule has 0 saturated carbocycles. The molecule has 2 N–H and O–H groups in total. The molecular weight excluding hydrogens is 578 g/mol. The van der Waals surface area contributed by atoms with Crippen LogP contribution in [0.4, 0.5) is 14.6 Å². The minimum atomic E-state index is -0.918. The highest BCUT2D eigenvalue weighted by Crippen LogP contribution is 2.41. The topological polar surface area (TPSA) is 101 Å². The highest BCUT2D eigenvalue weighted by molar-refractivity contribution is 6.03. The summed E-state index contributed by atoms with van der Waals surface area (Å²) in [6.07, 6.45) is 6.93. The number of phenols is 1. The van der Waals surface area contributed by atoms with E-state index < -0.39 is 23.2 Å². The number of nitrogens with zero attached hydrogens (tertiary/aromatic N) is 3. The minimum Gasteiger partial charge on any atom is -0.508 e. The fraction of sp³-hybridized carbons (Fsp3) is 0.286. The van der Waals surface area contributed by atoms with Crippen molar-refractivity contribution in [2.45, 2.75) is 44.4 Å². The smallest absolute Gasteiger partial charge is 0.349 e. The van der Waals surface area contributed by atoms with Crippen LogP contribution in [0.15, 0.2) is 63.8 Å². The Hall–Kier alpha value is -5.01. The van der Waals surface area contributed by atoms with Gasteiger partial charge in [-0.05, 0) is 55.5 Å². The molecule has 0 radical (unpaired) electrons. The van der Waals surface area contributed by atoms with Crippen LogP contribution in [0.5, 0.6) is 11.8 Å². The number of aromatic hydroxyl groups is 1. The first-order valence-electron chi connectivity index (χ1n) is 14.8. The van der Waals surface area contributed by atoms with E-state index in [9.17, 15) is 18.7 Å². The van der Waals surface area contributed by atoms with E-state index in [0.717, 1.165) is 24.9 Å². The molecule has 0 amide bonds. The van der Waals surface area contributed by atoms with Gasteiger partial charge in [-0.25, -0.2) is 13.6 Å². The zero-order valence-electron chi connectivity index (χ0n) is 24.6. The first kappa shape index (κ1) is 28.7. The van der Waals surface area contributed by atoms with Gasteiger partial charge in [-0.1, -0.05) is 42.3 Å². The number of terminal acetylenes is 1. The standard InChI is InChI=1S/C35H30F2N4O4/c1-3-25-27(37)11-10-22-14-24(42)15-26(28(22)25)31-20(2)30-29(33(43)45-31)32(38-17-21-8-5-4-6-9-21)40-34(39-30)44-19-35-12-7-13-41(35)18-23(36)16-35/h1,4-6,8-11,14-15,23,42H,7,12-13,16-19H2,2H3,(H,38,39,40)/t23-,35+/m1/s1. The van der Waals surface area contributed by atoms with Crippen molar-refractivity contribution >= 4 is 27.5 Å². The lowest BCUT2D eigenvalue weighted by atomic mass is 9.95. The number of ether oxygens (including phenoxy) is 1. The number of halogens is 2. The number of hydrogen-bond donors (Lipinski definition) is 2. The molecule has 2 fully saturated rings. The second-order valence-corrected chi connectivity index (χ2v) is 11.8. The summed E-state index contributed by atoms with van der Waals surface area (Å²) < 4.78 is 41.4.